The van der Waals surface area contributed by atoms with Gasteiger partial charge in [0.25, 0.3) is 5.22 Å². The van der Waals surface area contributed by atoms with Crippen LogP contribution >= 0.6 is 50.9 Å². The van der Waals surface area contributed by atoms with Gasteiger partial charge in [-0.2, -0.15) is 0 Å². The molecule has 3 aromatic rings. The van der Waals surface area contributed by atoms with Crippen molar-refractivity contribution in [2.24, 2.45) is 0 Å². The van der Waals surface area contributed by atoms with Crippen molar-refractivity contribution in [1.29, 1.82) is 0 Å². The molecule has 1 aromatic heterocycles. The van der Waals surface area contributed by atoms with Gasteiger partial charge in [0.2, 0.25) is 5.89 Å². The number of thioether (sulfide) groups is 1. The zero-order chi connectivity index (χ0) is 18.4. The summed E-state index contributed by atoms with van der Waals surface area (Å²) in [6, 6.07) is 13.3. The van der Waals surface area contributed by atoms with Crippen molar-refractivity contribution >= 4 is 50.9 Å². The summed E-state index contributed by atoms with van der Waals surface area (Å²) in [5, 5.41) is 9.80. The lowest BCUT2D eigenvalue weighted by molar-refractivity contribution is 0.302. The lowest BCUT2D eigenvalue weighted by Gasteiger charge is -2.07. The molecule has 0 aliphatic heterocycles. The molecule has 4 nitrogen and oxygen atoms in total. The summed E-state index contributed by atoms with van der Waals surface area (Å²) in [7, 11) is 0. The molecular weight excluding hydrogens is 459 g/mol. The van der Waals surface area contributed by atoms with Gasteiger partial charge >= 0.3 is 0 Å². The summed E-state index contributed by atoms with van der Waals surface area (Å²) in [6.45, 7) is 0.505. The van der Waals surface area contributed by atoms with Crippen LogP contribution in [0.15, 0.2) is 56.6 Å². The predicted octanol–water partition coefficient (Wildman–Crippen LogP) is 6.44. The number of benzene rings is 2. The predicted molar refractivity (Wildman–Crippen MR) is 108 cm³/mol. The number of nitrogens with zero attached hydrogens (tertiary/aromatic N) is 2. The highest BCUT2D eigenvalue weighted by molar-refractivity contribution is 9.10. The fraction of sp³-hybridized carbons (Fsp3) is 0.222. The molecule has 0 aliphatic rings. The minimum atomic E-state index is 0.502. The van der Waals surface area contributed by atoms with Crippen LogP contribution in [0.25, 0.3) is 0 Å². The number of halogens is 3. The molecule has 0 aliphatic carbocycles. The highest BCUT2D eigenvalue weighted by Gasteiger charge is 2.08. The second-order valence-electron chi connectivity index (χ2n) is 5.40. The Morgan fingerprint density at radius 3 is 2.65 bits per heavy atom. The van der Waals surface area contributed by atoms with E-state index < -0.39 is 0 Å². The van der Waals surface area contributed by atoms with E-state index in [2.05, 4.69) is 38.3 Å². The van der Waals surface area contributed by atoms with Gasteiger partial charge in [-0.1, -0.05) is 63.0 Å². The Hall–Kier alpha value is -1.21. The van der Waals surface area contributed by atoms with E-state index >= 15 is 0 Å². The number of hydrogen-bond acceptors (Lipinski definition) is 5. The number of aromatic nitrogens is 2. The molecule has 0 radical (unpaired) electrons. The summed E-state index contributed by atoms with van der Waals surface area (Å²) in [5.74, 6) is 2.01. The third kappa shape index (κ3) is 5.91. The first kappa shape index (κ1) is 19.5. The first-order valence-electron chi connectivity index (χ1n) is 7.87. The summed E-state index contributed by atoms with van der Waals surface area (Å²) in [5.41, 5.74) is 1.20. The minimum Gasteiger partial charge on any atom is -0.492 e. The summed E-state index contributed by atoms with van der Waals surface area (Å²) in [6.07, 6.45) is 1.40. The SMILES string of the molecule is Clc1ccc(OCCCc2nnc(SCc3ccc(Br)cc3)o2)c(Cl)c1. The molecule has 0 saturated heterocycles. The average molecular weight is 474 g/mol. The second-order valence-corrected chi connectivity index (χ2v) is 8.09. The molecule has 0 unspecified atom stereocenters. The van der Waals surface area contributed by atoms with Gasteiger partial charge in [0.15, 0.2) is 0 Å². The monoisotopic (exact) mass is 472 g/mol. The smallest absolute Gasteiger partial charge is 0.276 e. The first-order valence-corrected chi connectivity index (χ1v) is 10.4. The Balaban J connectivity index is 1.41. The average Bonchev–Trinajstić information content (AvgIpc) is 3.07. The molecule has 26 heavy (non-hydrogen) atoms. The largest absolute Gasteiger partial charge is 0.492 e. The van der Waals surface area contributed by atoms with Gasteiger partial charge in [-0.25, -0.2) is 0 Å². The molecule has 0 atom stereocenters. The van der Waals surface area contributed by atoms with E-state index in [0.29, 0.717) is 39.9 Å². The van der Waals surface area contributed by atoms with Crippen molar-refractivity contribution in [2.45, 2.75) is 23.8 Å². The van der Waals surface area contributed by atoms with Crippen molar-refractivity contribution in [3.63, 3.8) is 0 Å². The van der Waals surface area contributed by atoms with Crippen molar-refractivity contribution in [1.82, 2.24) is 10.2 Å². The van der Waals surface area contributed by atoms with Crippen LogP contribution < -0.4 is 4.74 Å². The molecule has 0 fully saturated rings. The van der Waals surface area contributed by atoms with Crippen LogP contribution in [0.5, 0.6) is 5.75 Å². The normalized spacial score (nSPS) is 10.9. The maximum absolute atomic E-state index is 6.07. The zero-order valence-corrected chi connectivity index (χ0v) is 17.5. The molecule has 136 valence electrons. The molecule has 8 heteroatoms. The quantitative estimate of drug-likeness (QED) is 0.278. The van der Waals surface area contributed by atoms with Gasteiger partial charge in [0, 0.05) is 21.7 Å². The van der Waals surface area contributed by atoms with Crippen LogP contribution in [0.4, 0.5) is 0 Å². The van der Waals surface area contributed by atoms with Crippen LogP contribution in [0, 0.1) is 0 Å². The Labute approximate surface area is 174 Å². The van der Waals surface area contributed by atoms with Crippen LogP contribution in [-0.2, 0) is 12.2 Å². The van der Waals surface area contributed by atoms with E-state index in [1.807, 2.05) is 12.1 Å². The van der Waals surface area contributed by atoms with Crippen LogP contribution in [0.2, 0.25) is 10.0 Å². The summed E-state index contributed by atoms with van der Waals surface area (Å²) in [4.78, 5) is 0. The first-order chi connectivity index (χ1) is 12.6. The number of hydrogen-bond donors (Lipinski definition) is 0. The van der Waals surface area contributed by atoms with Crippen molar-refractivity contribution in [3.8, 4) is 5.75 Å². The molecule has 0 N–H and O–H groups in total. The van der Waals surface area contributed by atoms with Gasteiger partial charge in [0.1, 0.15) is 5.75 Å². The molecule has 0 spiro atoms. The number of ether oxygens (including phenoxy) is 1. The Morgan fingerprint density at radius 2 is 1.88 bits per heavy atom. The van der Waals surface area contributed by atoms with Gasteiger partial charge in [0.05, 0.1) is 11.6 Å². The second kappa shape index (κ2) is 9.65. The Kier molecular flexibility index (Phi) is 7.25. The van der Waals surface area contributed by atoms with Gasteiger partial charge < -0.3 is 9.15 Å². The van der Waals surface area contributed by atoms with Gasteiger partial charge in [-0.3, -0.25) is 0 Å². The maximum atomic E-state index is 6.07. The van der Waals surface area contributed by atoms with Crippen LogP contribution in [0.3, 0.4) is 0 Å². The third-order valence-electron chi connectivity index (χ3n) is 3.41. The van der Waals surface area contributed by atoms with E-state index in [9.17, 15) is 0 Å². The van der Waals surface area contributed by atoms with E-state index in [0.717, 1.165) is 16.6 Å². The van der Waals surface area contributed by atoms with E-state index in [1.165, 1.54) is 17.3 Å². The minimum absolute atomic E-state index is 0.502. The highest BCUT2D eigenvalue weighted by Crippen LogP contribution is 2.27. The molecule has 0 amide bonds. The fourth-order valence-corrected chi connectivity index (χ4v) is 3.58. The van der Waals surface area contributed by atoms with Crippen LogP contribution in [0.1, 0.15) is 17.9 Å². The molecular formula is C18H15BrCl2N2O2S. The third-order valence-corrected chi connectivity index (χ3v) is 5.36. The number of rotatable bonds is 8. The fourth-order valence-electron chi connectivity index (χ4n) is 2.12. The van der Waals surface area contributed by atoms with E-state index in [4.69, 9.17) is 32.4 Å². The lowest BCUT2D eigenvalue weighted by atomic mass is 10.2. The lowest BCUT2D eigenvalue weighted by Crippen LogP contribution is -2.00. The van der Waals surface area contributed by atoms with Gasteiger partial charge in [-0.15, -0.1) is 10.2 Å². The van der Waals surface area contributed by atoms with Crippen molar-refractivity contribution in [2.75, 3.05) is 6.61 Å². The van der Waals surface area contributed by atoms with E-state index in [1.54, 1.807) is 18.2 Å². The van der Waals surface area contributed by atoms with Crippen molar-refractivity contribution < 1.29 is 9.15 Å². The van der Waals surface area contributed by atoms with Crippen LogP contribution in [-0.4, -0.2) is 16.8 Å². The topological polar surface area (TPSA) is 48.2 Å². The molecule has 0 bridgehead atoms. The Bertz CT molecular complexity index is 859. The maximum Gasteiger partial charge on any atom is 0.276 e. The van der Waals surface area contributed by atoms with Crippen molar-refractivity contribution in [3.05, 3.63) is 68.4 Å². The summed E-state index contributed by atoms with van der Waals surface area (Å²) >= 11 is 16.9. The molecule has 3 rings (SSSR count). The molecule has 0 saturated carbocycles. The molecule has 2 aromatic carbocycles. The standard InChI is InChI=1S/C18H15BrCl2N2O2S/c19-13-5-3-12(4-6-13)11-26-18-23-22-17(25-18)2-1-9-24-16-8-7-14(20)10-15(16)21/h3-8,10H,1-2,9,11H2. The van der Waals surface area contributed by atoms with E-state index in [-0.39, 0.29) is 0 Å². The molecule has 1 heterocycles. The number of aryl methyl sites for hydroxylation is 1. The zero-order valence-electron chi connectivity index (χ0n) is 13.6. The highest BCUT2D eigenvalue weighted by atomic mass is 79.9. The summed E-state index contributed by atoms with van der Waals surface area (Å²) < 4.78 is 12.4. The Morgan fingerprint density at radius 1 is 1.08 bits per heavy atom. The van der Waals surface area contributed by atoms with Gasteiger partial charge in [-0.05, 0) is 42.3 Å².